The van der Waals surface area contributed by atoms with Gasteiger partial charge in [0, 0.05) is 29.7 Å². The largest absolute Gasteiger partial charge is 0.497 e. The van der Waals surface area contributed by atoms with Gasteiger partial charge in [-0.2, -0.15) is 5.10 Å². The van der Waals surface area contributed by atoms with E-state index in [4.69, 9.17) is 16.3 Å². The molecular formula is C22H21ClN4O3. The molecule has 4 rings (SSSR count). The normalized spacial score (nSPS) is 16.0. The van der Waals surface area contributed by atoms with Crippen LogP contribution in [0.1, 0.15) is 12.0 Å². The molecule has 0 aliphatic carbocycles. The lowest BCUT2D eigenvalue weighted by atomic mass is 10.1. The molecule has 0 saturated carbocycles. The number of amides is 2. The lowest BCUT2D eigenvalue weighted by Crippen LogP contribution is -2.28. The molecule has 1 N–H and O–H groups in total. The third-order valence-electron chi connectivity index (χ3n) is 5.07. The number of benzene rings is 2. The molecule has 7 nitrogen and oxygen atoms in total. The van der Waals surface area contributed by atoms with E-state index in [0.717, 1.165) is 11.3 Å². The van der Waals surface area contributed by atoms with Crippen LogP contribution in [0.4, 0.5) is 11.5 Å². The molecule has 1 aromatic heterocycles. The Balaban J connectivity index is 1.42. The van der Waals surface area contributed by atoms with E-state index >= 15 is 0 Å². The Kier molecular flexibility index (Phi) is 5.72. The average Bonchev–Trinajstić information content (AvgIpc) is 3.34. The van der Waals surface area contributed by atoms with E-state index in [0.29, 0.717) is 29.7 Å². The van der Waals surface area contributed by atoms with Crippen molar-refractivity contribution in [2.24, 2.45) is 5.92 Å². The Morgan fingerprint density at radius 3 is 2.77 bits per heavy atom. The predicted molar refractivity (Wildman–Crippen MR) is 115 cm³/mol. The highest BCUT2D eigenvalue weighted by molar-refractivity contribution is 6.30. The molecule has 8 heteroatoms. The van der Waals surface area contributed by atoms with Crippen LogP contribution < -0.4 is 15.0 Å². The summed E-state index contributed by atoms with van der Waals surface area (Å²) in [4.78, 5) is 26.9. The fraction of sp³-hybridized carbons (Fsp3) is 0.227. The summed E-state index contributed by atoms with van der Waals surface area (Å²) in [6.45, 7) is 0.810. The molecular weight excluding hydrogens is 404 g/mol. The number of hydrogen-bond acceptors (Lipinski definition) is 4. The van der Waals surface area contributed by atoms with Gasteiger partial charge in [0.15, 0.2) is 0 Å². The number of aromatic nitrogens is 2. The van der Waals surface area contributed by atoms with Crippen LogP contribution in [0, 0.1) is 5.92 Å². The minimum Gasteiger partial charge on any atom is -0.497 e. The van der Waals surface area contributed by atoms with Crippen LogP contribution in [-0.4, -0.2) is 35.2 Å². The lowest BCUT2D eigenvalue weighted by Gasteiger charge is -2.17. The molecule has 3 aromatic rings. The molecule has 1 saturated heterocycles. The van der Waals surface area contributed by atoms with Crippen LogP contribution in [0.25, 0.3) is 0 Å². The monoisotopic (exact) mass is 424 g/mol. The first kappa shape index (κ1) is 20.0. The van der Waals surface area contributed by atoms with E-state index in [2.05, 4.69) is 10.4 Å². The van der Waals surface area contributed by atoms with Crippen molar-refractivity contribution >= 4 is 34.9 Å². The van der Waals surface area contributed by atoms with Gasteiger partial charge in [0.25, 0.3) is 0 Å². The zero-order valence-electron chi connectivity index (χ0n) is 16.4. The van der Waals surface area contributed by atoms with Gasteiger partial charge >= 0.3 is 0 Å². The number of carbonyl (C=O) groups excluding carboxylic acids is 2. The van der Waals surface area contributed by atoms with Gasteiger partial charge in [-0.1, -0.05) is 23.7 Å². The van der Waals surface area contributed by atoms with Crippen molar-refractivity contribution in [3.05, 3.63) is 71.4 Å². The Bertz CT molecular complexity index is 1060. The summed E-state index contributed by atoms with van der Waals surface area (Å²) in [6.07, 6.45) is 1.80. The van der Waals surface area contributed by atoms with E-state index in [1.165, 1.54) is 0 Å². The Morgan fingerprint density at radius 2 is 2.03 bits per heavy atom. The van der Waals surface area contributed by atoms with Gasteiger partial charge in [0.1, 0.15) is 11.6 Å². The van der Waals surface area contributed by atoms with Gasteiger partial charge < -0.3 is 15.0 Å². The summed E-state index contributed by atoms with van der Waals surface area (Å²) in [7, 11) is 1.59. The Labute approximate surface area is 179 Å². The third-order valence-corrected chi connectivity index (χ3v) is 5.30. The second kappa shape index (κ2) is 8.59. The fourth-order valence-corrected chi connectivity index (χ4v) is 3.71. The standard InChI is InChI=1S/C22H21ClN4O3/c1-30-19-7-5-18(6-8-19)26-14-16(12-21(26)28)22(29)25-20-9-10-24-27(20)13-15-3-2-4-17(23)11-15/h2-11,16H,12-14H2,1H3,(H,25,29). The van der Waals surface area contributed by atoms with Crippen LogP contribution >= 0.6 is 11.6 Å². The zero-order chi connectivity index (χ0) is 21.1. The van der Waals surface area contributed by atoms with Crippen LogP contribution in [-0.2, 0) is 16.1 Å². The maximum absolute atomic E-state index is 12.8. The molecule has 0 radical (unpaired) electrons. The highest BCUT2D eigenvalue weighted by Crippen LogP contribution is 2.27. The quantitative estimate of drug-likeness (QED) is 0.656. The topological polar surface area (TPSA) is 76.5 Å². The highest BCUT2D eigenvalue weighted by Gasteiger charge is 2.35. The number of nitrogens with one attached hydrogen (secondary N) is 1. The van der Waals surface area contributed by atoms with Gasteiger partial charge in [-0.05, 0) is 42.0 Å². The summed E-state index contributed by atoms with van der Waals surface area (Å²) in [6, 6.07) is 16.4. The first-order chi connectivity index (χ1) is 14.5. The van der Waals surface area contributed by atoms with Crippen LogP contribution in [0.3, 0.4) is 0 Å². The van der Waals surface area contributed by atoms with Crippen LogP contribution in [0.2, 0.25) is 5.02 Å². The number of halogens is 1. The molecule has 1 unspecified atom stereocenters. The molecule has 0 bridgehead atoms. The van der Waals surface area contributed by atoms with Crippen molar-refractivity contribution in [1.29, 1.82) is 0 Å². The van der Waals surface area contributed by atoms with E-state index in [-0.39, 0.29) is 18.2 Å². The van der Waals surface area contributed by atoms with E-state index in [9.17, 15) is 9.59 Å². The number of nitrogens with zero attached hydrogens (tertiary/aromatic N) is 3. The first-order valence-corrected chi connectivity index (χ1v) is 9.93. The minimum atomic E-state index is -0.436. The second-order valence-electron chi connectivity index (χ2n) is 7.10. The molecule has 1 fully saturated rings. The maximum atomic E-state index is 12.8. The minimum absolute atomic E-state index is 0.0762. The zero-order valence-corrected chi connectivity index (χ0v) is 17.2. The van der Waals surface area contributed by atoms with Crippen LogP contribution in [0.15, 0.2) is 60.8 Å². The highest BCUT2D eigenvalue weighted by atomic mass is 35.5. The SMILES string of the molecule is COc1ccc(N2CC(C(=O)Nc3ccnn3Cc3cccc(Cl)c3)CC2=O)cc1. The van der Waals surface area contributed by atoms with E-state index < -0.39 is 5.92 Å². The Hall–Kier alpha value is -3.32. The number of rotatable bonds is 6. The van der Waals surface area contributed by atoms with Crippen LogP contribution in [0.5, 0.6) is 5.75 Å². The number of hydrogen-bond donors (Lipinski definition) is 1. The third kappa shape index (κ3) is 4.31. The summed E-state index contributed by atoms with van der Waals surface area (Å²) >= 11 is 6.05. The van der Waals surface area contributed by atoms with Crippen molar-refractivity contribution in [2.45, 2.75) is 13.0 Å². The summed E-state index contributed by atoms with van der Waals surface area (Å²) in [5.41, 5.74) is 1.73. The number of anilines is 2. The van der Waals surface area contributed by atoms with Gasteiger partial charge in [-0.3, -0.25) is 9.59 Å². The molecule has 2 amide bonds. The van der Waals surface area contributed by atoms with E-state index in [1.54, 1.807) is 41.1 Å². The lowest BCUT2D eigenvalue weighted by molar-refractivity contribution is -0.122. The molecule has 1 aliphatic rings. The molecule has 2 heterocycles. The predicted octanol–water partition coefficient (Wildman–Crippen LogP) is 3.59. The number of methoxy groups -OCH3 is 1. The summed E-state index contributed by atoms with van der Waals surface area (Å²) < 4.78 is 6.85. The average molecular weight is 425 g/mol. The van der Waals surface area contributed by atoms with Gasteiger partial charge in [0.2, 0.25) is 11.8 Å². The summed E-state index contributed by atoms with van der Waals surface area (Å²) in [5, 5.41) is 7.84. The number of ether oxygens (including phenoxy) is 1. The van der Waals surface area contributed by atoms with Crippen molar-refractivity contribution < 1.29 is 14.3 Å². The van der Waals surface area contributed by atoms with Crippen molar-refractivity contribution in [3.63, 3.8) is 0 Å². The van der Waals surface area contributed by atoms with E-state index in [1.807, 2.05) is 36.4 Å². The fourth-order valence-electron chi connectivity index (χ4n) is 3.50. The van der Waals surface area contributed by atoms with Gasteiger partial charge in [-0.25, -0.2) is 4.68 Å². The number of carbonyl (C=O) groups is 2. The molecule has 2 aromatic carbocycles. The molecule has 30 heavy (non-hydrogen) atoms. The molecule has 1 aliphatic heterocycles. The Morgan fingerprint density at radius 1 is 1.23 bits per heavy atom. The second-order valence-corrected chi connectivity index (χ2v) is 7.53. The smallest absolute Gasteiger partial charge is 0.230 e. The van der Waals surface area contributed by atoms with Gasteiger partial charge in [-0.15, -0.1) is 0 Å². The molecule has 154 valence electrons. The van der Waals surface area contributed by atoms with Gasteiger partial charge in [0.05, 0.1) is 25.8 Å². The molecule has 1 atom stereocenters. The first-order valence-electron chi connectivity index (χ1n) is 9.55. The van der Waals surface area contributed by atoms with Crippen molar-refractivity contribution in [3.8, 4) is 5.75 Å². The summed E-state index contributed by atoms with van der Waals surface area (Å²) in [5.74, 6) is 0.581. The maximum Gasteiger partial charge on any atom is 0.230 e. The van der Waals surface area contributed by atoms with Crippen molar-refractivity contribution in [1.82, 2.24) is 9.78 Å². The molecule has 0 spiro atoms. The van der Waals surface area contributed by atoms with Crippen molar-refractivity contribution in [2.75, 3.05) is 23.9 Å².